The highest BCUT2D eigenvalue weighted by atomic mass is 35.5. The number of hydrogen-bond donors (Lipinski definition) is 2. The van der Waals surface area contributed by atoms with Gasteiger partial charge in [-0.15, -0.1) is 0 Å². The smallest absolute Gasteiger partial charge is 0.145 e. The minimum atomic E-state index is -0.213. The van der Waals surface area contributed by atoms with Gasteiger partial charge in [0.05, 0.1) is 5.69 Å². The highest BCUT2D eigenvalue weighted by Gasteiger charge is 2.22. The summed E-state index contributed by atoms with van der Waals surface area (Å²) < 4.78 is 0. The standard InChI is InChI=1S/C22H17ClN2O2/c23-16-8-5-14(6-9-16)18(13-19-20(26)4-2-11-24-19)17-10-7-15-3-1-12-25-21(15)22(17)27/h1-12,18,26-27H,13H2. The summed E-state index contributed by atoms with van der Waals surface area (Å²) in [6.45, 7) is 0. The topological polar surface area (TPSA) is 66.2 Å². The van der Waals surface area contributed by atoms with E-state index in [-0.39, 0.29) is 17.4 Å². The molecule has 2 aromatic carbocycles. The summed E-state index contributed by atoms with van der Waals surface area (Å²) >= 11 is 6.05. The Morgan fingerprint density at radius 2 is 1.59 bits per heavy atom. The van der Waals surface area contributed by atoms with Crippen molar-refractivity contribution in [2.45, 2.75) is 12.3 Å². The number of hydrogen-bond acceptors (Lipinski definition) is 4. The maximum Gasteiger partial charge on any atom is 0.145 e. The first-order valence-corrected chi connectivity index (χ1v) is 8.96. The molecule has 4 aromatic rings. The second kappa shape index (κ2) is 7.25. The number of phenolic OH excluding ortho intramolecular Hbond substituents is 1. The van der Waals surface area contributed by atoms with E-state index in [1.54, 1.807) is 24.5 Å². The van der Waals surface area contributed by atoms with Gasteiger partial charge in [-0.05, 0) is 35.9 Å². The summed E-state index contributed by atoms with van der Waals surface area (Å²) in [6.07, 6.45) is 3.74. The van der Waals surface area contributed by atoms with E-state index in [4.69, 9.17) is 11.6 Å². The van der Waals surface area contributed by atoms with Crippen molar-refractivity contribution in [1.29, 1.82) is 0 Å². The van der Waals surface area contributed by atoms with Gasteiger partial charge in [0.2, 0.25) is 0 Å². The normalized spacial score (nSPS) is 12.2. The Hall–Kier alpha value is -3.11. The molecule has 134 valence electrons. The summed E-state index contributed by atoms with van der Waals surface area (Å²) in [6, 6.07) is 18.4. The van der Waals surface area contributed by atoms with E-state index in [2.05, 4.69) is 9.97 Å². The van der Waals surface area contributed by atoms with Crippen LogP contribution in [0.5, 0.6) is 11.5 Å². The molecule has 0 aliphatic rings. The lowest BCUT2D eigenvalue weighted by atomic mass is 9.86. The van der Waals surface area contributed by atoms with Crippen LogP contribution in [-0.4, -0.2) is 20.2 Å². The summed E-state index contributed by atoms with van der Waals surface area (Å²) in [4.78, 5) is 8.63. The van der Waals surface area contributed by atoms with E-state index in [1.165, 1.54) is 0 Å². The quantitative estimate of drug-likeness (QED) is 0.522. The molecule has 4 rings (SSSR count). The molecule has 1 unspecified atom stereocenters. The van der Waals surface area contributed by atoms with Crippen LogP contribution >= 0.6 is 11.6 Å². The largest absolute Gasteiger partial charge is 0.506 e. The van der Waals surface area contributed by atoms with Gasteiger partial charge in [0.15, 0.2) is 0 Å². The molecular formula is C22H17ClN2O2. The Kier molecular flexibility index (Phi) is 4.65. The van der Waals surface area contributed by atoms with Crippen molar-refractivity contribution in [3.05, 3.63) is 94.9 Å². The van der Waals surface area contributed by atoms with Crippen LogP contribution in [0.4, 0.5) is 0 Å². The summed E-state index contributed by atoms with van der Waals surface area (Å²) in [5.41, 5.74) is 2.82. The molecule has 0 bridgehead atoms. The number of pyridine rings is 2. The maximum absolute atomic E-state index is 10.9. The van der Waals surface area contributed by atoms with Gasteiger partial charge in [-0.3, -0.25) is 9.97 Å². The molecule has 5 heteroatoms. The van der Waals surface area contributed by atoms with Crippen LogP contribution in [0.15, 0.2) is 73.1 Å². The van der Waals surface area contributed by atoms with Gasteiger partial charge in [-0.25, -0.2) is 0 Å². The number of fused-ring (bicyclic) bond motifs is 1. The zero-order valence-corrected chi connectivity index (χ0v) is 15.1. The van der Waals surface area contributed by atoms with Crippen LogP contribution in [0.3, 0.4) is 0 Å². The Bertz CT molecular complexity index is 1100. The van der Waals surface area contributed by atoms with Crippen LogP contribution in [0, 0.1) is 0 Å². The maximum atomic E-state index is 10.9. The van der Waals surface area contributed by atoms with E-state index < -0.39 is 0 Å². The molecule has 2 N–H and O–H groups in total. The first kappa shape index (κ1) is 17.3. The second-order valence-electron chi connectivity index (χ2n) is 6.36. The van der Waals surface area contributed by atoms with Crippen LogP contribution in [0.25, 0.3) is 10.9 Å². The molecule has 0 amide bonds. The van der Waals surface area contributed by atoms with Crippen molar-refractivity contribution >= 4 is 22.5 Å². The molecule has 0 fully saturated rings. The van der Waals surface area contributed by atoms with Gasteiger partial charge in [-0.1, -0.05) is 41.9 Å². The third-order valence-corrected chi connectivity index (χ3v) is 4.94. The first-order valence-electron chi connectivity index (χ1n) is 8.58. The number of benzene rings is 2. The molecule has 0 saturated carbocycles. The molecule has 0 radical (unpaired) electrons. The monoisotopic (exact) mass is 376 g/mol. The van der Waals surface area contributed by atoms with Crippen LogP contribution in [-0.2, 0) is 6.42 Å². The second-order valence-corrected chi connectivity index (χ2v) is 6.79. The Balaban J connectivity index is 1.86. The molecule has 1 atom stereocenters. The molecule has 27 heavy (non-hydrogen) atoms. The van der Waals surface area contributed by atoms with Crippen molar-refractivity contribution in [2.75, 3.05) is 0 Å². The van der Waals surface area contributed by atoms with Crippen LogP contribution < -0.4 is 0 Å². The fourth-order valence-electron chi connectivity index (χ4n) is 3.31. The van der Waals surface area contributed by atoms with E-state index in [1.807, 2.05) is 48.5 Å². The zero-order valence-electron chi connectivity index (χ0n) is 14.4. The average molecular weight is 377 g/mol. The number of aromatic hydroxyl groups is 2. The van der Waals surface area contributed by atoms with Gasteiger partial charge >= 0.3 is 0 Å². The Morgan fingerprint density at radius 3 is 2.37 bits per heavy atom. The minimum Gasteiger partial charge on any atom is -0.506 e. The molecule has 2 aromatic heterocycles. The lowest BCUT2D eigenvalue weighted by Gasteiger charge is -2.20. The van der Waals surface area contributed by atoms with E-state index in [9.17, 15) is 10.2 Å². The van der Waals surface area contributed by atoms with E-state index in [0.29, 0.717) is 22.7 Å². The predicted octanol–water partition coefficient (Wildman–Crippen LogP) is 5.07. The third kappa shape index (κ3) is 3.44. The number of phenols is 1. The molecule has 0 aliphatic carbocycles. The Labute approximate surface area is 161 Å². The van der Waals surface area contributed by atoms with Gasteiger partial charge in [-0.2, -0.15) is 0 Å². The van der Waals surface area contributed by atoms with Crippen molar-refractivity contribution < 1.29 is 10.2 Å². The summed E-state index contributed by atoms with van der Waals surface area (Å²) in [7, 11) is 0. The van der Waals surface area contributed by atoms with Gasteiger partial charge in [0.25, 0.3) is 0 Å². The van der Waals surface area contributed by atoms with Crippen molar-refractivity contribution in [2.24, 2.45) is 0 Å². The molecular weight excluding hydrogens is 360 g/mol. The fraction of sp³-hybridized carbons (Fsp3) is 0.0909. The Morgan fingerprint density at radius 1 is 0.852 bits per heavy atom. The number of aromatic nitrogens is 2. The predicted molar refractivity (Wildman–Crippen MR) is 106 cm³/mol. The SMILES string of the molecule is Oc1cccnc1CC(c1ccc(Cl)cc1)c1ccc2cccnc2c1O. The molecule has 2 heterocycles. The zero-order chi connectivity index (χ0) is 18.8. The van der Waals surface area contributed by atoms with Crippen LogP contribution in [0.2, 0.25) is 5.02 Å². The minimum absolute atomic E-state index is 0.134. The lowest BCUT2D eigenvalue weighted by Crippen LogP contribution is -2.07. The first-order chi connectivity index (χ1) is 13.1. The summed E-state index contributed by atoms with van der Waals surface area (Å²) in [5.74, 6) is 0.0628. The molecule has 0 aliphatic heterocycles. The highest BCUT2D eigenvalue weighted by molar-refractivity contribution is 6.30. The van der Waals surface area contributed by atoms with Crippen molar-refractivity contribution in [3.8, 4) is 11.5 Å². The van der Waals surface area contributed by atoms with Gasteiger partial charge in [0.1, 0.15) is 17.0 Å². The fourth-order valence-corrected chi connectivity index (χ4v) is 3.44. The molecule has 0 saturated heterocycles. The molecule has 0 spiro atoms. The van der Waals surface area contributed by atoms with E-state index in [0.717, 1.165) is 16.5 Å². The number of halogens is 1. The van der Waals surface area contributed by atoms with Crippen molar-refractivity contribution in [1.82, 2.24) is 9.97 Å². The third-order valence-electron chi connectivity index (χ3n) is 4.69. The average Bonchev–Trinajstić information content (AvgIpc) is 2.69. The van der Waals surface area contributed by atoms with Crippen LogP contribution in [0.1, 0.15) is 22.7 Å². The highest BCUT2D eigenvalue weighted by Crippen LogP contribution is 2.38. The molecule has 4 nitrogen and oxygen atoms in total. The summed E-state index contributed by atoms with van der Waals surface area (Å²) in [5, 5.41) is 22.6. The number of nitrogens with zero attached hydrogens (tertiary/aromatic N) is 2. The number of rotatable bonds is 4. The van der Waals surface area contributed by atoms with E-state index >= 15 is 0 Å². The lowest BCUT2D eigenvalue weighted by molar-refractivity contribution is 0.457. The van der Waals surface area contributed by atoms with Crippen molar-refractivity contribution in [3.63, 3.8) is 0 Å². The van der Waals surface area contributed by atoms with Gasteiger partial charge in [0, 0.05) is 40.7 Å². The van der Waals surface area contributed by atoms with Gasteiger partial charge < -0.3 is 10.2 Å².